The summed E-state index contributed by atoms with van der Waals surface area (Å²) in [7, 11) is 0. The summed E-state index contributed by atoms with van der Waals surface area (Å²) in [4.78, 5) is 2.45. The van der Waals surface area contributed by atoms with Gasteiger partial charge in [-0.05, 0) is 51.1 Å². The van der Waals surface area contributed by atoms with Crippen LogP contribution in [-0.2, 0) is 0 Å². The monoisotopic (exact) mass is 256 g/mol. The van der Waals surface area contributed by atoms with Crippen LogP contribution in [0.5, 0.6) is 0 Å². The number of β-amino-alcohol motifs (C(OH)–C–C–N with tert-alkyl or cyclic N) is 1. The molecule has 1 fully saturated rings. The lowest BCUT2D eigenvalue weighted by atomic mass is 9.85. The lowest BCUT2D eigenvalue weighted by molar-refractivity contribution is -0.0272. The minimum Gasteiger partial charge on any atom is -0.389 e. The zero-order valence-electron chi connectivity index (χ0n) is 12.8. The van der Waals surface area contributed by atoms with Crippen LogP contribution in [0.4, 0.5) is 0 Å². The second-order valence-corrected chi connectivity index (χ2v) is 6.65. The molecule has 2 N–H and O–H groups in total. The molecule has 1 heterocycles. The maximum atomic E-state index is 10.2. The number of nitrogens with zero attached hydrogens (tertiary/aromatic N) is 1. The van der Waals surface area contributed by atoms with E-state index in [-0.39, 0.29) is 0 Å². The summed E-state index contributed by atoms with van der Waals surface area (Å²) in [5.74, 6) is 0. The summed E-state index contributed by atoms with van der Waals surface area (Å²) >= 11 is 0. The second-order valence-electron chi connectivity index (χ2n) is 6.65. The lowest BCUT2D eigenvalue weighted by Gasteiger charge is -2.41. The first-order valence-electron chi connectivity index (χ1n) is 7.56. The molecule has 0 bridgehead atoms. The van der Waals surface area contributed by atoms with E-state index in [1.54, 1.807) is 0 Å². The van der Waals surface area contributed by atoms with Crippen molar-refractivity contribution >= 4 is 0 Å². The van der Waals surface area contributed by atoms with Crippen molar-refractivity contribution in [1.29, 1.82) is 0 Å². The molecule has 18 heavy (non-hydrogen) atoms. The van der Waals surface area contributed by atoms with Gasteiger partial charge in [0.15, 0.2) is 0 Å². The molecule has 108 valence electrons. The first-order chi connectivity index (χ1) is 8.41. The van der Waals surface area contributed by atoms with Crippen molar-refractivity contribution in [1.82, 2.24) is 10.2 Å². The van der Waals surface area contributed by atoms with E-state index >= 15 is 0 Å². The Morgan fingerprint density at radius 2 is 2.11 bits per heavy atom. The van der Waals surface area contributed by atoms with Crippen LogP contribution in [0.3, 0.4) is 0 Å². The molecule has 1 aliphatic rings. The van der Waals surface area contributed by atoms with E-state index in [9.17, 15) is 5.11 Å². The van der Waals surface area contributed by atoms with E-state index in [0.29, 0.717) is 5.41 Å². The number of nitrogens with one attached hydrogen (secondary N) is 1. The van der Waals surface area contributed by atoms with Crippen molar-refractivity contribution in [2.24, 2.45) is 5.41 Å². The molecule has 0 aromatic rings. The molecule has 0 saturated carbocycles. The van der Waals surface area contributed by atoms with Gasteiger partial charge in [0.2, 0.25) is 0 Å². The Balaban J connectivity index is 2.45. The van der Waals surface area contributed by atoms with Crippen molar-refractivity contribution in [2.75, 3.05) is 32.7 Å². The van der Waals surface area contributed by atoms with Gasteiger partial charge in [0, 0.05) is 19.6 Å². The summed E-state index contributed by atoms with van der Waals surface area (Å²) in [5.41, 5.74) is -0.160. The van der Waals surface area contributed by atoms with Crippen molar-refractivity contribution in [3.8, 4) is 0 Å². The van der Waals surface area contributed by atoms with E-state index in [1.165, 1.54) is 12.8 Å². The van der Waals surface area contributed by atoms with Gasteiger partial charge in [-0.15, -0.1) is 0 Å². The summed E-state index contributed by atoms with van der Waals surface area (Å²) < 4.78 is 0. The van der Waals surface area contributed by atoms with Gasteiger partial charge in [-0.1, -0.05) is 20.8 Å². The maximum Gasteiger partial charge on any atom is 0.0746 e. The third-order valence-electron chi connectivity index (χ3n) is 4.19. The molecule has 0 aromatic carbocycles. The molecule has 1 rings (SSSR count). The summed E-state index contributed by atoms with van der Waals surface area (Å²) in [6.45, 7) is 14.1. The van der Waals surface area contributed by atoms with Crippen molar-refractivity contribution in [3.63, 3.8) is 0 Å². The van der Waals surface area contributed by atoms with Gasteiger partial charge in [-0.25, -0.2) is 0 Å². The molecule has 0 aliphatic carbocycles. The minimum atomic E-state index is -0.482. The highest BCUT2D eigenvalue weighted by molar-refractivity contribution is 4.87. The number of aliphatic hydroxyl groups is 1. The Morgan fingerprint density at radius 1 is 1.39 bits per heavy atom. The molecule has 0 aromatic heterocycles. The molecule has 1 saturated heterocycles. The van der Waals surface area contributed by atoms with Crippen LogP contribution in [0.2, 0.25) is 0 Å². The molecule has 2 atom stereocenters. The van der Waals surface area contributed by atoms with Crippen molar-refractivity contribution in [3.05, 3.63) is 0 Å². The van der Waals surface area contributed by atoms with Crippen LogP contribution in [0.15, 0.2) is 0 Å². The highest BCUT2D eigenvalue weighted by Crippen LogP contribution is 2.26. The SMILES string of the molecule is CCCNCC(C)(CC)CN1CCCC(C)(O)C1. The summed E-state index contributed by atoms with van der Waals surface area (Å²) in [5, 5.41) is 13.7. The van der Waals surface area contributed by atoms with Gasteiger partial charge >= 0.3 is 0 Å². The normalized spacial score (nSPS) is 29.2. The standard InChI is InChI=1S/C15H32N2O/c1-5-9-16-11-14(3,6-2)12-17-10-7-8-15(4,18)13-17/h16,18H,5-13H2,1-4H3. The van der Waals surface area contributed by atoms with Gasteiger partial charge in [0.1, 0.15) is 0 Å². The Hall–Kier alpha value is -0.120. The Bertz CT molecular complexity index is 243. The molecular formula is C15H32N2O. The third-order valence-corrected chi connectivity index (χ3v) is 4.19. The van der Waals surface area contributed by atoms with Crippen LogP contribution in [-0.4, -0.2) is 48.3 Å². The molecule has 1 aliphatic heterocycles. The van der Waals surface area contributed by atoms with E-state index in [0.717, 1.165) is 45.6 Å². The molecule has 0 radical (unpaired) electrons. The van der Waals surface area contributed by atoms with Crippen LogP contribution in [0.25, 0.3) is 0 Å². The third kappa shape index (κ3) is 5.25. The van der Waals surface area contributed by atoms with Crippen LogP contribution < -0.4 is 5.32 Å². The largest absolute Gasteiger partial charge is 0.389 e. The highest BCUT2D eigenvalue weighted by Gasteiger charge is 2.32. The van der Waals surface area contributed by atoms with E-state index in [2.05, 4.69) is 31.0 Å². The molecule has 3 nitrogen and oxygen atoms in total. The molecule has 0 spiro atoms. The zero-order valence-corrected chi connectivity index (χ0v) is 12.8. The fourth-order valence-electron chi connectivity index (χ4n) is 2.86. The fourth-order valence-corrected chi connectivity index (χ4v) is 2.86. The summed E-state index contributed by atoms with van der Waals surface area (Å²) in [6, 6.07) is 0. The average molecular weight is 256 g/mol. The molecule has 0 amide bonds. The first-order valence-corrected chi connectivity index (χ1v) is 7.56. The molecule has 2 unspecified atom stereocenters. The molecular weight excluding hydrogens is 224 g/mol. The van der Waals surface area contributed by atoms with Crippen LogP contribution in [0.1, 0.15) is 53.4 Å². The predicted molar refractivity (Wildman–Crippen MR) is 77.9 cm³/mol. The Morgan fingerprint density at radius 3 is 2.67 bits per heavy atom. The van der Waals surface area contributed by atoms with Gasteiger partial charge < -0.3 is 10.4 Å². The Kier molecular flexibility index (Phi) is 6.09. The highest BCUT2D eigenvalue weighted by atomic mass is 16.3. The van der Waals surface area contributed by atoms with Crippen molar-refractivity contribution in [2.45, 2.75) is 59.0 Å². The quantitative estimate of drug-likeness (QED) is 0.686. The average Bonchev–Trinajstić information content (AvgIpc) is 2.28. The number of piperidine rings is 1. The number of likely N-dealkylation sites (tertiary alicyclic amines) is 1. The topological polar surface area (TPSA) is 35.5 Å². The fraction of sp³-hybridized carbons (Fsp3) is 1.00. The summed E-state index contributed by atoms with van der Waals surface area (Å²) in [6.07, 6.45) is 4.44. The van der Waals surface area contributed by atoms with Gasteiger partial charge in [-0.2, -0.15) is 0 Å². The Labute approximate surface area is 113 Å². The first kappa shape index (κ1) is 15.9. The minimum absolute atomic E-state index is 0.322. The number of rotatable bonds is 7. The zero-order chi connectivity index (χ0) is 13.6. The van der Waals surface area contributed by atoms with E-state index in [1.807, 2.05) is 6.92 Å². The smallest absolute Gasteiger partial charge is 0.0746 e. The number of hydrogen-bond acceptors (Lipinski definition) is 3. The predicted octanol–water partition coefficient (Wildman–Crippen LogP) is 2.25. The van der Waals surface area contributed by atoms with Crippen molar-refractivity contribution < 1.29 is 5.11 Å². The van der Waals surface area contributed by atoms with Gasteiger partial charge in [0.05, 0.1) is 5.60 Å². The van der Waals surface area contributed by atoms with Crippen LogP contribution >= 0.6 is 0 Å². The van der Waals surface area contributed by atoms with E-state index in [4.69, 9.17) is 0 Å². The van der Waals surface area contributed by atoms with Gasteiger partial charge in [-0.3, -0.25) is 4.90 Å². The lowest BCUT2D eigenvalue weighted by Crippen LogP contribution is -2.51. The second kappa shape index (κ2) is 6.88. The maximum absolute atomic E-state index is 10.2. The number of hydrogen-bond donors (Lipinski definition) is 2. The molecule has 3 heteroatoms. The van der Waals surface area contributed by atoms with E-state index < -0.39 is 5.60 Å². The van der Waals surface area contributed by atoms with Crippen LogP contribution in [0, 0.1) is 5.41 Å². The van der Waals surface area contributed by atoms with Gasteiger partial charge in [0.25, 0.3) is 0 Å².